The molecule has 58 valence electrons. The highest BCUT2D eigenvalue weighted by Gasteiger charge is 2.43. The maximum Gasteiger partial charge on any atom is 0.0523 e. The maximum absolute atomic E-state index is 5.73. The molecule has 2 aliphatic rings. The minimum absolute atomic E-state index is 0.474. The van der Waals surface area contributed by atoms with Crippen LogP contribution in [0, 0.1) is 5.41 Å². The average molecular weight is 141 g/mol. The van der Waals surface area contributed by atoms with Crippen molar-refractivity contribution in [1.82, 2.24) is 0 Å². The van der Waals surface area contributed by atoms with Gasteiger partial charge >= 0.3 is 0 Å². The Morgan fingerprint density at radius 2 is 2.20 bits per heavy atom. The van der Waals surface area contributed by atoms with Gasteiger partial charge in [0.2, 0.25) is 0 Å². The molecule has 1 saturated carbocycles. The Hall–Kier alpha value is -0.0800. The fourth-order valence-electron chi connectivity index (χ4n) is 2.28. The van der Waals surface area contributed by atoms with E-state index in [1.54, 1.807) is 0 Å². The lowest BCUT2D eigenvalue weighted by Gasteiger charge is -2.48. The second-order valence-corrected chi connectivity index (χ2v) is 3.82. The van der Waals surface area contributed by atoms with E-state index in [1.165, 1.54) is 25.7 Å². The van der Waals surface area contributed by atoms with E-state index >= 15 is 0 Å². The molecule has 1 spiro atoms. The van der Waals surface area contributed by atoms with E-state index in [1.807, 2.05) is 0 Å². The molecule has 0 atom stereocenters. The van der Waals surface area contributed by atoms with Crippen molar-refractivity contribution in [2.75, 3.05) is 13.2 Å². The molecule has 0 aromatic rings. The van der Waals surface area contributed by atoms with Crippen molar-refractivity contribution in [3.63, 3.8) is 0 Å². The predicted molar refractivity (Wildman–Crippen MR) is 39.7 cm³/mol. The molecule has 0 unspecified atom stereocenters. The van der Waals surface area contributed by atoms with Crippen LogP contribution < -0.4 is 5.73 Å². The molecule has 1 heterocycles. The minimum Gasteiger partial charge on any atom is -0.381 e. The van der Waals surface area contributed by atoms with Crippen molar-refractivity contribution < 1.29 is 4.74 Å². The summed E-state index contributed by atoms with van der Waals surface area (Å²) in [6.07, 6.45) is 4.99. The van der Waals surface area contributed by atoms with E-state index in [4.69, 9.17) is 10.5 Å². The third-order valence-electron chi connectivity index (χ3n) is 2.79. The Kier molecular flexibility index (Phi) is 1.46. The van der Waals surface area contributed by atoms with Gasteiger partial charge in [-0.1, -0.05) is 0 Å². The van der Waals surface area contributed by atoms with Gasteiger partial charge in [0.15, 0.2) is 0 Å². The zero-order valence-corrected chi connectivity index (χ0v) is 6.31. The molecule has 0 bridgehead atoms. The first kappa shape index (κ1) is 6.62. The monoisotopic (exact) mass is 141 g/mol. The lowest BCUT2D eigenvalue weighted by molar-refractivity contribution is -0.0617. The van der Waals surface area contributed by atoms with Gasteiger partial charge in [0.25, 0.3) is 0 Å². The second-order valence-electron chi connectivity index (χ2n) is 3.82. The van der Waals surface area contributed by atoms with E-state index in [2.05, 4.69) is 0 Å². The van der Waals surface area contributed by atoms with Gasteiger partial charge in [-0.2, -0.15) is 0 Å². The number of ether oxygens (including phenoxy) is 1. The van der Waals surface area contributed by atoms with Crippen molar-refractivity contribution in [1.29, 1.82) is 0 Å². The fourth-order valence-corrected chi connectivity index (χ4v) is 2.28. The van der Waals surface area contributed by atoms with Gasteiger partial charge in [-0.25, -0.2) is 0 Å². The predicted octanol–water partition coefficient (Wildman–Crippen LogP) is 0.904. The van der Waals surface area contributed by atoms with E-state index < -0.39 is 0 Å². The maximum atomic E-state index is 5.73. The van der Waals surface area contributed by atoms with Gasteiger partial charge < -0.3 is 10.5 Å². The molecule has 0 aromatic heterocycles. The Bertz CT molecular complexity index is 114. The first-order chi connectivity index (χ1) is 4.81. The van der Waals surface area contributed by atoms with Crippen LogP contribution in [0.15, 0.2) is 0 Å². The van der Waals surface area contributed by atoms with Crippen molar-refractivity contribution >= 4 is 0 Å². The first-order valence-electron chi connectivity index (χ1n) is 4.14. The molecule has 2 heteroatoms. The van der Waals surface area contributed by atoms with Crippen LogP contribution in [0.4, 0.5) is 0 Å². The Morgan fingerprint density at radius 1 is 1.40 bits per heavy atom. The molecule has 10 heavy (non-hydrogen) atoms. The highest BCUT2D eigenvalue weighted by molar-refractivity contribution is 4.96. The standard InChI is InChI=1S/C8H15NO/c9-7-4-8(5-7)2-1-3-10-6-8/h7H,1-6,9H2. The van der Waals surface area contributed by atoms with Crippen LogP contribution in [0.2, 0.25) is 0 Å². The van der Waals surface area contributed by atoms with Gasteiger partial charge in [-0.05, 0) is 31.1 Å². The van der Waals surface area contributed by atoms with Gasteiger partial charge in [-0.15, -0.1) is 0 Å². The minimum atomic E-state index is 0.474. The van der Waals surface area contributed by atoms with Crippen LogP contribution in [-0.4, -0.2) is 19.3 Å². The van der Waals surface area contributed by atoms with E-state index in [-0.39, 0.29) is 0 Å². The number of hydrogen-bond acceptors (Lipinski definition) is 2. The highest BCUT2D eigenvalue weighted by atomic mass is 16.5. The van der Waals surface area contributed by atoms with Gasteiger partial charge in [0, 0.05) is 12.6 Å². The summed E-state index contributed by atoms with van der Waals surface area (Å²) in [4.78, 5) is 0. The van der Waals surface area contributed by atoms with Crippen LogP contribution in [0.25, 0.3) is 0 Å². The molecule has 2 N–H and O–H groups in total. The van der Waals surface area contributed by atoms with E-state index in [0.29, 0.717) is 11.5 Å². The summed E-state index contributed by atoms with van der Waals surface area (Å²) in [6, 6.07) is 0.474. The number of hydrogen-bond donors (Lipinski definition) is 1. The zero-order chi connectivity index (χ0) is 7.03. The molecule has 2 rings (SSSR count). The third-order valence-corrected chi connectivity index (χ3v) is 2.79. The van der Waals surface area contributed by atoms with Crippen molar-refractivity contribution in [2.24, 2.45) is 11.1 Å². The van der Waals surface area contributed by atoms with Crippen LogP contribution in [0.1, 0.15) is 25.7 Å². The summed E-state index contributed by atoms with van der Waals surface area (Å²) < 4.78 is 5.42. The Labute approximate surface area is 61.7 Å². The Balaban J connectivity index is 1.90. The smallest absolute Gasteiger partial charge is 0.0523 e. The van der Waals surface area contributed by atoms with Gasteiger partial charge in [0.1, 0.15) is 0 Å². The fraction of sp³-hybridized carbons (Fsp3) is 1.00. The summed E-state index contributed by atoms with van der Waals surface area (Å²) in [5.74, 6) is 0. The molecule has 0 aromatic carbocycles. The molecular formula is C8H15NO. The van der Waals surface area contributed by atoms with Gasteiger partial charge in [0.05, 0.1) is 6.61 Å². The third kappa shape index (κ3) is 0.956. The Morgan fingerprint density at radius 3 is 2.70 bits per heavy atom. The number of nitrogens with two attached hydrogens (primary N) is 1. The first-order valence-corrected chi connectivity index (χ1v) is 4.14. The molecule has 2 fully saturated rings. The summed E-state index contributed by atoms with van der Waals surface area (Å²) in [5.41, 5.74) is 6.25. The summed E-state index contributed by atoms with van der Waals surface area (Å²) >= 11 is 0. The topological polar surface area (TPSA) is 35.2 Å². The zero-order valence-electron chi connectivity index (χ0n) is 6.31. The molecular weight excluding hydrogens is 126 g/mol. The second kappa shape index (κ2) is 2.21. The van der Waals surface area contributed by atoms with E-state index in [9.17, 15) is 0 Å². The largest absolute Gasteiger partial charge is 0.381 e. The molecule has 1 aliphatic heterocycles. The molecule has 0 radical (unpaired) electrons. The number of rotatable bonds is 0. The molecule has 1 aliphatic carbocycles. The highest BCUT2D eigenvalue weighted by Crippen LogP contribution is 2.45. The SMILES string of the molecule is NC1CC2(CCCOC2)C1. The van der Waals surface area contributed by atoms with Crippen molar-refractivity contribution in [3.8, 4) is 0 Å². The lowest BCUT2D eigenvalue weighted by atomic mass is 9.63. The summed E-state index contributed by atoms with van der Waals surface area (Å²) in [7, 11) is 0. The summed E-state index contributed by atoms with van der Waals surface area (Å²) in [5, 5.41) is 0. The van der Waals surface area contributed by atoms with Crippen LogP contribution in [0.3, 0.4) is 0 Å². The lowest BCUT2D eigenvalue weighted by Crippen LogP contribution is -2.50. The van der Waals surface area contributed by atoms with Crippen LogP contribution in [-0.2, 0) is 4.74 Å². The molecule has 1 saturated heterocycles. The van der Waals surface area contributed by atoms with Gasteiger partial charge in [-0.3, -0.25) is 0 Å². The molecule has 0 amide bonds. The van der Waals surface area contributed by atoms with Crippen LogP contribution >= 0.6 is 0 Å². The quantitative estimate of drug-likeness (QED) is 0.544. The average Bonchev–Trinajstić information content (AvgIpc) is 1.87. The molecule has 2 nitrogen and oxygen atoms in total. The van der Waals surface area contributed by atoms with Crippen LogP contribution in [0.5, 0.6) is 0 Å². The normalized spacial score (nSPS) is 47.1. The summed E-state index contributed by atoms with van der Waals surface area (Å²) in [6.45, 7) is 1.94. The van der Waals surface area contributed by atoms with E-state index in [0.717, 1.165) is 13.2 Å². The van der Waals surface area contributed by atoms with Crippen molar-refractivity contribution in [2.45, 2.75) is 31.7 Å². The van der Waals surface area contributed by atoms with Crippen molar-refractivity contribution in [3.05, 3.63) is 0 Å².